The van der Waals surface area contributed by atoms with E-state index in [9.17, 15) is 14.7 Å². The molecule has 0 bridgehead atoms. The van der Waals surface area contributed by atoms with Crippen LogP contribution in [-0.2, 0) is 9.59 Å². The van der Waals surface area contributed by atoms with E-state index >= 15 is 0 Å². The Morgan fingerprint density at radius 2 is 2.10 bits per heavy atom. The fourth-order valence-corrected chi connectivity index (χ4v) is 2.43. The van der Waals surface area contributed by atoms with Crippen LogP contribution in [-0.4, -0.2) is 46.6 Å². The van der Waals surface area contributed by atoms with Crippen molar-refractivity contribution < 1.29 is 14.7 Å². The standard InChI is InChI=1S/C15H28N2O3/c1-6-11(4)15(5,20)9-16-14(19)12-7-13(18)17(8-12)10(2)3/h10-12,20H,6-9H2,1-5H3,(H,16,19). The van der Waals surface area contributed by atoms with E-state index in [4.69, 9.17) is 0 Å². The Kier molecular flexibility index (Phi) is 5.57. The summed E-state index contributed by atoms with van der Waals surface area (Å²) in [5, 5.41) is 13.1. The molecule has 5 nitrogen and oxygen atoms in total. The zero-order valence-corrected chi connectivity index (χ0v) is 13.3. The number of carbonyl (C=O) groups excluding carboxylic acids is 2. The van der Waals surface area contributed by atoms with Gasteiger partial charge >= 0.3 is 0 Å². The van der Waals surface area contributed by atoms with Gasteiger partial charge in [-0.15, -0.1) is 0 Å². The van der Waals surface area contributed by atoms with Crippen molar-refractivity contribution in [1.82, 2.24) is 10.2 Å². The van der Waals surface area contributed by atoms with Crippen LogP contribution in [0.15, 0.2) is 0 Å². The van der Waals surface area contributed by atoms with Crippen LogP contribution in [0.25, 0.3) is 0 Å². The second kappa shape index (κ2) is 6.57. The minimum Gasteiger partial charge on any atom is -0.388 e. The third kappa shape index (κ3) is 3.95. The number of nitrogens with one attached hydrogen (secondary N) is 1. The minimum atomic E-state index is -0.912. The lowest BCUT2D eigenvalue weighted by Crippen LogP contribution is -2.47. The highest BCUT2D eigenvalue weighted by Crippen LogP contribution is 2.22. The van der Waals surface area contributed by atoms with Gasteiger partial charge in [-0.2, -0.15) is 0 Å². The van der Waals surface area contributed by atoms with Crippen molar-refractivity contribution in [3.8, 4) is 0 Å². The van der Waals surface area contributed by atoms with E-state index in [1.165, 1.54) is 0 Å². The van der Waals surface area contributed by atoms with Crippen molar-refractivity contribution in [1.29, 1.82) is 0 Å². The van der Waals surface area contributed by atoms with Gasteiger partial charge in [-0.1, -0.05) is 20.3 Å². The summed E-state index contributed by atoms with van der Waals surface area (Å²) in [5.74, 6) is -0.281. The number of carbonyl (C=O) groups is 2. The molecule has 116 valence electrons. The predicted octanol–water partition coefficient (Wildman–Crippen LogP) is 1.16. The zero-order valence-electron chi connectivity index (χ0n) is 13.3. The summed E-state index contributed by atoms with van der Waals surface area (Å²) in [6.45, 7) is 10.3. The van der Waals surface area contributed by atoms with Crippen molar-refractivity contribution in [3.63, 3.8) is 0 Å². The molecule has 3 atom stereocenters. The molecule has 2 amide bonds. The van der Waals surface area contributed by atoms with Crippen LogP contribution in [0.4, 0.5) is 0 Å². The average Bonchev–Trinajstić information content (AvgIpc) is 2.77. The minimum absolute atomic E-state index is 0.0360. The second-order valence-electron chi connectivity index (χ2n) is 6.43. The lowest BCUT2D eigenvalue weighted by atomic mass is 9.88. The molecule has 1 heterocycles. The molecular formula is C15H28N2O3. The lowest BCUT2D eigenvalue weighted by molar-refractivity contribution is -0.130. The largest absolute Gasteiger partial charge is 0.388 e. The van der Waals surface area contributed by atoms with E-state index < -0.39 is 5.60 Å². The van der Waals surface area contributed by atoms with E-state index in [1.54, 1.807) is 11.8 Å². The Balaban J connectivity index is 2.51. The fraction of sp³-hybridized carbons (Fsp3) is 0.867. The Bertz CT molecular complexity index is 366. The van der Waals surface area contributed by atoms with E-state index in [1.807, 2.05) is 27.7 Å². The molecule has 5 heteroatoms. The van der Waals surface area contributed by atoms with Gasteiger partial charge in [0, 0.05) is 25.6 Å². The maximum atomic E-state index is 12.1. The summed E-state index contributed by atoms with van der Waals surface area (Å²) in [4.78, 5) is 25.6. The molecule has 2 N–H and O–H groups in total. The Hall–Kier alpha value is -1.10. The van der Waals surface area contributed by atoms with E-state index in [2.05, 4.69) is 5.32 Å². The SMILES string of the molecule is CCC(C)C(C)(O)CNC(=O)C1CC(=O)N(C(C)C)C1. The van der Waals surface area contributed by atoms with Gasteiger partial charge in [0.2, 0.25) is 11.8 Å². The van der Waals surface area contributed by atoms with Crippen LogP contribution >= 0.6 is 0 Å². The summed E-state index contributed by atoms with van der Waals surface area (Å²) < 4.78 is 0. The van der Waals surface area contributed by atoms with Gasteiger partial charge < -0.3 is 15.3 Å². The summed E-state index contributed by atoms with van der Waals surface area (Å²) in [6, 6.07) is 0.128. The summed E-state index contributed by atoms with van der Waals surface area (Å²) in [7, 11) is 0. The number of hydrogen-bond acceptors (Lipinski definition) is 3. The first kappa shape index (κ1) is 17.0. The molecule has 1 aliphatic rings. The van der Waals surface area contributed by atoms with Crippen LogP contribution in [0.5, 0.6) is 0 Å². The van der Waals surface area contributed by atoms with Gasteiger partial charge in [-0.3, -0.25) is 9.59 Å². The summed E-state index contributed by atoms with van der Waals surface area (Å²) >= 11 is 0. The Morgan fingerprint density at radius 1 is 1.50 bits per heavy atom. The van der Waals surface area contributed by atoms with Crippen molar-refractivity contribution in [2.75, 3.05) is 13.1 Å². The maximum Gasteiger partial charge on any atom is 0.225 e. The number of likely N-dealkylation sites (tertiary alicyclic amines) is 1. The van der Waals surface area contributed by atoms with Gasteiger partial charge in [0.25, 0.3) is 0 Å². The van der Waals surface area contributed by atoms with Crippen molar-refractivity contribution in [2.24, 2.45) is 11.8 Å². The fourth-order valence-electron chi connectivity index (χ4n) is 2.43. The van der Waals surface area contributed by atoms with Gasteiger partial charge in [-0.25, -0.2) is 0 Å². The smallest absolute Gasteiger partial charge is 0.225 e. The monoisotopic (exact) mass is 284 g/mol. The van der Waals surface area contributed by atoms with Crippen LogP contribution in [0.1, 0.15) is 47.5 Å². The van der Waals surface area contributed by atoms with Gasteiger partial charge in [0.1, 0.15) is 0 Å². The molecule has 0 saturated carbocycles. The first-order valence-corrected chi connectivity index (χ1v) is 7.48. The molecule has 0 aliphatic carbocycles. The Labute approximate surface area is 121 Å². The normalized spacial score (nSPS) is 23.9. The third-order valence-corrected chi connectivity index (χ3v) is 4.45. The van der Waals surface area contributed by atoms with Crippen molar-refractivity contribution in [3.05, 3.63) is 0 Å². The molecule has 20 heavy (non-hydrogen) atoms. The number of amides is 2. The highest BCUT2D eigenvalue weighted by Gasteiger charge is 2.36. The molecule has 1 saturated heterocycles. The number of hydrogen-bond donors (Lipinski definition) is 2. The second-order valence-corrected chi connectivity index (χ2v) is 6.43. The number of aliphatic hydroxyl groups is 1. The number of rotatable bonds is 6. The first-order valence-electron chi connectivity index (χ1n) is 7.48. The van der Waals surface area contributed by atoms with Gasteiger partial charge in [-0.05, 0) is 26.7 Å². The van der Waals surface area contributed by atoms with Gasteiger partial charge in [0.15, 0.2) is 0 Å². The topological polar surface area (TPSA) is 69.6 Å². The van der Waals surface area contributed by atoms with Crippen LogP contribution in [0.2, 0.25) is 0 Å². The number of nitrogens with zero attached hydrogens (tertiary/aromatic N) is 1. The molecule has 0 radical (unpaired) electrons. The molecular weight excluding hydrogens is 256 g/mol. The average molecular weight is 284 g/mol. The summed E-state index contributed by atoms with van der Waals surface area (Å²) in [6.07, 6.45) is 1.13. The van der Waals surface area contributed by atoms with Crippen molar-refractivity contribution in [2.45, 2.75) is 59.1 Å². The zero-order chi connectivity index (χ0) is 15.5. The molecule has 1 fully saturated rings. The third-order valence-electron chi connectivity index (χ3n) is 4.45. The lowest BCUT2D eigenvalue weighted by Gasteiger charge is -2.30. The van der Waals surface area contributed by atoms with Crippen LogP contribution in [0.3, 0.4) is 0 Å². The molecule has 3 unspecified atom stereocenters. The van der Waals surface area contributed by atoms with E-state index in [0.717, 1.165) is 6.42 Å². The van der Waals surface area contributed by atoms with E-state index in [-0.39, 0.29) is 42.7 Å². The quantitative estimate of drug-likeness (QED) is 0.769. The highest BCUT2D eigenvalue weighted by molar-refractivity contribution is 5.89. The molecule has 1 aliphatic heterocycles. The molecule has 0 aromatic rings. The molecule has 0 aromatic carbocycles. The van der Waals surface area contributed by atoms with E-state index in [0.29, 0.717) is 6.54 Å². The maximum absolute atomic E-state index is 12.1. The van der Waals surface area contributed by atoms with Crippen LogP contribution < -0.4 is 5.32 Å². The predicted molar refractivity (Wildman–Crippen MR) is 78.0 cm³/mol. The summed E-state index contributed by atoms with van der Waals surface area (Å²) in [5.41, 5.74) is -0.912. The Morgan fingerprint density at radius 3 is 2.55 bits per heavy atom. The molecule has 0 spiro atoms. The molecule has 1 rings (SSSR count). The van der Waals surface area contributed by atoms with Crippen molar-refractivity contribution >= 4 is 11.8 Å². The molecule has 0 aromatic heterocycles. The first-order chi connectivity index (χ1) is 9.19. The van der Waals surface area contributed by atoms with Crippen LogP contribution in [0, 0.1) is 11.8 Å². The van der Waals surface area contributed by atoms with Gasteiger partial charge in [0.05, 0.1) is 11.5 Å². The highest BCUT2D eigenvalue weighted by atomic mass is 16.3.